The SMILES string of the molecule is Nc1ccc2c(c1)N(CC(F)(F)F)C(=O)CS2. The van der Waals surface area contributed by atoms with Crippen molar-refractivity contribution in [1.29, 1.82) is 0 Å². The summed E-state index contributed by atoms with van der Waals surface area (Å²) in [4.78, 5) is 12.9. The van der Waals surface area contributed by atoms with Crippen molar-refractivity contribution in [2.45, 2.75) is 11.1 Å². The Morgan fingerprint density at radius 2 is 2.12 bits per heavy atom. The summed E-state index contributed by atoms with van der Waals surface area (Å²) in [5.74, 6) is -0.530. The lowest BCUT2D eigenvalue weighted by Gasteiger charge is -2.29. The number of nitrogens with two attached hydrogens (primary N) is 1. The molecule has 1 aliphatic rings. The van der Waals surface area contributed by atoms with Gasteiger partial charge in [-0.2, -0.15) is 13.2 Å². The first-order valence-corrected chi connectivity index (χ1v) is 5.75. The average molecular weight is 262 g/mol. The van der Waals surface area contributed by atoms with E-state index in [0.29, 0.717) is 10.6 Å². The van der Waals surface area contributed by atoms with Crippen molar-refractivity contribution in [1.82, 2.24) is 0 Å². The zero-order valence-corrected chi connectivity index (χ0v) is 9.44. The number of rotatable bonds is 1. The van der Waals surface area contributed by atoms with E-state index < -0.39 is 18.6 Å². The minimum Gasteiger partial charge on any atom is -0.399 e. The smallest absolute Gasteiger partial charge is 0.399 e. The maximum atomic E-state index is 12.4. The largest absolute Gasteiger partial charge is 0.406 e. The first kappa shape index (κ1) is 12.1. The monoisotopic (exact) mass is 262 g/mol. The molecule has 2 N–H and O–H groups in total. The van der Waals surface area contributed by atoms with Crippen molar-refractivity contribution in [3.05, 3.63) is 18.2 Å². The van der Waals surface area contributed by atoms with Gasteiger partial charge in [-0.05, 0) is 18.2 Å². The fourth-order valence-electron chi connectivity index (χ4n) is 1.57. The van der Waals surface area contributed by atoms with Crippen LogP contribution in [-0.4, -0.2) is 24.4 Å². The number of amides is 1. The fourth-order valence-corrected chi connectivity index (χ4v) is 2.49. The highest BCUT2D eigenvalue weighted by molar-refractivity contribution is 8.00. The molecule has 0 fully saturated rings. The van der Waals surface area contributed by atoms with Crippen molar-refractivity contribution < 1.29 is 18.0 Å². The molecule has 1 heterocycles. The molecule has 0 bridgehead atoms. The van der Waals surface area contributed by atoms with Crippen LogP contribution in [-0.2, 0) is 4.79 Å². The van der Waals surface area contributed by atoms with E-state index in [0.717, 1.165) is 4.90 Å². The fraction of sp³-hybridized carbons (Fsp3) is 0.300. The van der Waals surface area contributed by atoms with Crippen LogP contribution in [0.3, 0.4) is 0 Å². The van der Waals surface area contributed by atoms with Crippen LogP contribution in [0.4, 0.5) is 24.5 Å². The van der Waals surface area contributed by atoms with Crippen molar-refractivity contribution in [3.8, 4) is 0 Å². The van der Waals surface area contributed by atoms with Crippen LogP contribution >= 0.6 is 11.8 Å². The number of thioether (sulfide) groups is 1. The predicted molar refractivity (Wildman–Crippen MR) is 60.0 cm³/mol. The van der Waals surface area contributed by atoms with E-state index >= 15 is 0 Å². The maximum Gasteiger partial charge on any atom is 0.406 e. The molecule has 0 aliphatic carbocycles. The van der Waals surface area contributed by atoms with Gasteiger partial charge in [-0.25, -0.2) is 0 Å². The molecule has 92 valence electrons. The summed E-state index contributed by atoms with van der Waals surface area (Å²) < 4.78 is 37.1. The highest BCUT2D eigenvalue weighted by Crippen LogP contribution is 2.37. The second-order valence-electron chi connectivity index (χ2n) is 3.61. The van der Waals surface area contributed by atoms with Crippen LogP contribution in [0.1, 0.15) is 0 Å². The van der Waals surface area contributed by atoms with Gasteiger partial charge in [-0.15, -0.1) is 11.8 Å². The molecular formula is C10H9F3N2OS. The molecule has 17 heavy (non-hydrogen) atoms. The van der Waals surface area contributed by atoms with Gasteiger partial charge in [-0.1, -0.05) is 0 Å². The summed E-state index contributed by atoms with van der Waals surface area (Å²) in [7, 11) is 0. The average Bonchev–Trinajstić information content (AvgIpc) is 2.21. The normalized spacial score (nSPS) is 15.9. The second kappa shape index (κ2) is 4.14. The first-order valence-electron chi connectivity index (χ1n) is 4.76. The number of hydrogen-bond donors (Lipinski definition) is 1. The molecule has 2 rings (SSSR count). The molecule has 1 amide bonds. The van der Waals surface area contributed by atoms with Gasteiger partial charge < -0.3 is 10.6 Å². The Labute approximate surface area is 99.8 Å². The Morgan fingerprint density at radius 3 is 2.76 bits per heavy atom. The number of anilines is 2. The van der Waals surface area contributed by atoms with Gasteiger partial charge in [-0.3, -0.25) is 4.79 Å². The van der Waals surface area contributed by atoms with Gasteiger partial charge in [0, 0.05) is 10.6 Å². The van der Waals surface area contributed by atoms with Crippen LogP contribution in [0.15, 0.2) is 23.1 Å². The zero-order chi connectivity index (χ0) is 12.6. The van der Waals surface area contributed by atoms with Crippen molar-refractivity contribution in [2.24, 2.45) is 0 Å². The van der Waals surface area contributed by atoms with E-state index in [1.165, 1.54) is 17.8 Å². The molecule has 1 aromatic carbocycles. The van der Waals surface area contributed by atoms with Crippen LogP contribution < -0.4 is 10.6 Å². The third-order valence-electron chi connectivity index (χ3n) is 2.26. The van der Waals surface area contributed by atoms with Crippen LogP contribution in [0.25, 0.3) is 0 Å². The van der Waals surface area contributed by atoms with E-state index in [-0.39, 0.29) is 11.4 Å². The third-order valence-corrected chi connectivity index (χ3v) is 3.31. The van der Waals surface area contributed by atoms with Gasteiger partial charge in [0.1, 0.15) is 6.54 Å². The summed E-state index contributed by atoms with van der Waals surface area (Å²) in [6.07, 6.45) is -4.42. The van der Waals surface area contributed by atoms with Crippen molar-refractivity contribution in [2.75, 3.05) is 22.9 Å². The molecule has 0 saturated heterocycles. The minimum atomic E-state index is -4.42. The summed E-state index contributed by atoms with van der Waals surface area (Å²) in [5, 5.41) is 0. The van der Waals surface area contributed by atoms with E-state index in [4.69, 9.17) is 5.73 Å². The number of carbonyl (C=O) groups excluding carboxylic acids is 1. The number of alkyl halides is 3. The zero-order valence-electron chi connectivity index (χ0n) is 8.62. The number of hydrogen-bond acceptors (Lipinski definition) is 3. The Balaban J connectivity index is 2.39. The van der Waals surface area contributed by atoms with Gasteiger partial charge in [0.2, 0.25) is 5.91 Å². The number of benzene rings is 1. The number of nitrogen functional groups attached to an aromatic ring is 1. The minimum absolute atomic E-state index is 0.0208. The molecule has 0 atom stereocenters. The number of carbonyl (C=O) groups is 1. The summed E-state index contributed by atoms with van der Waals surface area (Å²) in [5.41, 5.74) is 6.10. The quantitative estimate of drug-likeness (QED) is 0.790. The Bertz CT molecular complexity index is 461. The topological polar surface area (TPSA) is 46.3 Å². The molecule has 0 saturated carbocycles. The maximum absolute atomic E-state index is 12.4. The van der Waals surface area contributed by atoms with Crippen LogP contribution in [0.5, 0.6) is 0 Å². The predicted octanol–water partition coefficient (Wildman–Crippen LogP) is 2.27. The molecule has 0 unspecified atom stereocenters. The third kappa shape index (κ3) is 2.66. The molecule has 7 heteroatoms. The molecule has 3 nitrogen and oxygen atoms in total. The summed E-state index contributed by atoms with van der Waals surface area (Å²) in [6.45, 7) is -1.27. The Hall–Kier alpha value is -1.37. The second-order valence-corrected chi connectivity index (χ2v) is 4.63. The molecule has 0 aromatic heterocycles. The summed E-state index contributed by atoms with van der Waals surface area (Å²) in [6, 6.07) is 4.63. The molecule has 1 aliphatic heterocycles. The van der Waals surface area contributed by atoms with E-state index in [2.05, 4.69) is 0 Å². The van der Waals surface area contributed by atoms with Gasteiger partial charge in [0.15, 0.2) is 0 Å². The summed E-state index contributed by atoms with van der Waals surface area (Å²) >= 11 is 1.22. The number of nitrogens with zero attached hydrogens (tertiary/aromatic N) is 1. The lowest BCUT2D eigenvalue weighted by atomic mass is 10.2. The van der Waals surface area contributed by atoms with Crippen LogP contribution in [0, 0.1) is 0 Å². The lowest BCUT2D eigenvalue weighted by Crippen LogP contribution is -2.42. The highest BCUT2D eigenvalue weighted by Gasteiger charge is 2.36. The van der Waals surface area contributed by atoms with Gasteiger partial charge in [0.25, 0.3) is 0 Å². The lowest BCUT2D eigenvalue weighted by molar-refractivity contribution is -0.131. The highest BCUT2D eigenvalue weighted by atomic mass is 32.2. The number of halogens is 3. The van der Waals surface area contributed by atoms with E-state index in [1.54, 1.807) is 12.1 Å². The Kier molecular flexibility index (Phi) is 2.94. The molecule has 0 spiro atoms. The first-order chi connectivity index (χ1) is 7.87. The Morgan fingerprint density at radius 1 is 1.41 bits per heavy atom. The molecular weight excluding hydrogens is 253 g/mol. The molecule has 0 radical (unpaired) electrons. The van der Waals surface area contributed by atoms with Crippen molar-refractivity contribution in [3.63, 3.8) is 0 Å². The van der Waals surface area contributed by atoms with E-state index in [1.807, 2.05) is 0 Å². The number of fused-ring (bicyclic) bond motifs is 1. The van der Waals surface area contributed by atoms with Gasteiger partial charge >= 0.3 is 6.18 Å². The van der Waals surface area contributed by atoms with E-state index in [9.17, 15) is 18.0 Å². The van der Waals surface area contributed by atoms with Crippen LogP contribution in [0.2, 0.25) is 0 Å². The van der Waals surface area contributed by atoms with Gasteiger partial charge in [0.05, 0.1) is 11.4 Å². The van der Waals surface area contributed by atoms with Crippen molar-refractivity contribution >= 4 is 29.0 Å². The molecule has 1 aromatic rings. The standard InChI is InChI=1S/C10H9F3N2OS/c11-10(12,13)5-15-7-3-6(14)1-2-8(7)17-4-9(15)16/h1-3H,4-5,14H2.